The van der Waals surface area contributed by atoms with E-state index in [2.05, 4.69) is 4.72 Å². The van der Waals surface area contributed by atoms with E-state index >= 15 is 0 Å². The summed E-state index contributed by atoms with van der Waals surface area (Å²) >= 11 is 0. The molecule has 7 nitrogen and oxygen atoms in total. The average molecular weight is 340 g/mol. The fraction of sp³-hybridized carbons (Fsp3) is 0.400. The average Bonchev–Trinajstić information content (AvgIpc) is 2.80. The predicted molar refractivity (Wildman–Crippen MR) is 85.9 cm³/mol. The van der Waals surface area contributed by atoms with Gasteiger partial charge in [0.15, 0.2) is 0 Å². The van der Waals surface area contributed by atoms with Gasteiger partial charge in [0.25, 0.3) is 0 Å². The van der Waals surface area contributed by atoms with E-state index in [0.29, 0.717) is 0 Å². The Morgan fingerprint density at radius 2 is 2.09 bits per heavy atom. The predicted octanol–water partition coefficient (Wildman–Crippen LogP) is -0.817. The van der Waals surface area contributed by atoms with Crippen molar-refractivity contribution in [3.63, 3.8) is 0 Å². The summed E-state index contributed by atoms with van der Waals surface area (Å²) in [7, 11) is -3.50. The van der Waals surface area contributed by atoms with Crippen molar-refractivity contribution < 1.29 is 23.4 Å². The van der Waals surface area contributed by atoms with Crippen LogP contribution in [0.25, 0.3) is 6.08 Å². The Balaban J connectivity index is 2.00. The highest BCUT2D eigenvalue weighted by Crippen LogP contribution is 2.22. The quantitative estimate of drug-likeness (QED) is 0.608. The summed E-state index contributed by atoms with van der Waals surface area (Å²) in [5.74, 6) is -0.358. The molecule has 0 bridgehead atoms. The van der Waals surface area contributed by atoms with Crippen LogP contribution in [0.3, 0.4) is 0 Å². The number of likely N-dealkylation sites (tertiary alicyclic amines) is 1. The van der Waals surface area contributed by atoms with Crippen molar-refractivity contribution in [1.29, 1.82) is 0 Å². The van der Waals surface area contributed by atoms with Crippen molar-refractivity contribution in [2.45, 2.75) is 11.7 Å². The van der Waals surface area contributed by atoms with Gasteiger partial charge in [0, 0.05) is 19.2 Å². The van der Waals surface area contributed by atoms with E-state index in [1.807, 2.05) is 30.3 Å². The lowest BCUT2D eigenvalue weighted by Crippen LogP contribution is -2.51. The van der Waals surface area contributed by atoms with E-state index in [-0.39, 0.29) is 25.5 Å². The second-order valence-electron chi connectivity index (χ2n) is 5.68. The van der Waals surface area contributed by atoms with Crippen LogP contribution in [-0.4, -0.2) is 67.0 Å². The third-order valence-corrected chi connectivity index (χ3v) is 4.32. The number of hydrogen-bond acceptors (Lipinski definition) is 5. The number of sulfonamides is 1. The Bertz CT molecular complexity index is 689. The third-order valence-electron chi connectivity index (χ3n) is 3.65. The van der Waals surface area contributed by atoms with Crippen LogP contribution in [0, 0.1) is 0 Å². The molecule has 3 N–H and O–H groups in total. The molecule has 1 amide bonds. The van der Waals surface area contributed by atoms with E-state index in [9.17, 15) is 23.4 Å². The van der Waals surface area contributed by atoms with Crippen molar-refractivity contribution in [3.05, 3.63) is 42.0 Å². The molecular weight excluding hydrogens is 320 g/mol. The van der Waals surface area contributed by atoms with Crippen molar-refractivity contribution in [2.75, 3.05) is 25.9 Å². The summed E-state index contributed by atoms with van der Waals surface area (Å²) < 4.78 is 24.4. The van der Waals surface area contributed by atoms with Crippen LogP contribution in [0.4, 0.5) is 0 Å². The van der Waals surface area contributed by atoms with Gasteiger partial charge in [-0.2, -0.15) is 0 Å². The normalized spacial score (nSPS) is 25.2. The number of nitrogens with zero attached hydrogens (tertiary/aromatic N) is 1. The smallest absolute Gasteiger partial charge is 0.246 e. The largest absolute Gasteiger partial charge is 0.388 e. The van der Waals surface area contributed by atoms with Gasteiger partial charge in [-0.25, -0.2) is 13.1 Å². The lowest BCUT2D eigenvalue weighted by molar-refractivity contribution is -0.125. The molecule has 0 aliphatic carbocycles. The number of hydrogen-bond donors (Lipinski definition) is 3. The molecule has 2 atom stereocenters. The minimum atomic E-state index is -3.50. The van der Waals surface area contributed by atoms with Crippen LogP contribution in [0.15, 0.2) is 36.4 Å². The highest BCUT2D eigenvalue weighted by atomic mass is 32.2. The Morgan fingerprint density at radius 3 is 2.70 bits per heavy atom. The molecule has 0 aromatic heterocycles. The molecule has 1 aliphatic heterocycles. The number of amides is 1. The van der Waals surface area contributed by atoms with Crippen molar-refractivity contribution in [1.82, 2.24) is 9.62 Å². The Labute approximate surface area is 135 Å². The van der Waals surface area contributed by atoms with Gasteiger partial charge in [0.05, 0.1) is 12.8 Å². The number of aliphatic hydroxyl groups is 2. The maximum atomic E-state index is 12.1. The molecule has 0 saturated carbocycles. The van der Waals surface area contributed by atoms with Crippen molar-refractivity contribution in [2.24, 2.45) is 0 Å². The summed E-state index contributed by atoms with van der Waals surface area (Å²) in [6.07, 6.45) is 2.74. The highest BCUT2D eigenvalue weighted by molar-refractivity contribution is 7.88. The summed E-state index contributed by atoms with van der Waals surface area (Å²) in [5, 5.41) is 20.3. The summed E-state index contributed by atoms with van der Waals surface area (Å²) in [6, 6.07) is 9.24. The van der Waals surface area contributed by atoms with Gasteiger partial charge < -0.3 is 15.1 Å². The first-order valence-electron chi connectivity index (χ1n) is 7.07. The van der Waals surface area contributed by atoms with Crippen molar-refractivity contribution >= 4 is 22.0 Å². The molecule has 1 saturated heterocycles. The molecule has 0 radical (unpaired) electrons. The van der Waals surface area contributed by atoms with Gasteiger partial charge in [-0.1, -0.05) is 30.3 Å². The van der Waals surface area contributed by atoms with E-state index < -0.39 is 21.7 Å². The number of carbonyl (C=O) groups is 1. The van der Waals surface area contributed by atoms with Gasteiger partial charge >= 0.3 is 0 Å². The zero-order valence-electron chi connectivity index (χ0n) is 12.7. The first kappa shape index (κ1) is 17.6. The Hall–Kier alpha value is -1.74. The standard InChI is InChI=1S/C15H20N2O5S/c1-23(21,22)16-10-15(20)11-17(9-13(15)18)14(19)8-7-12-5-3-2-4-6-12/h2-8,13,16,18,20H,9-11H2,1H3/b8-7+/t13-,15+/m1/s1. The highest BCUT2D eigenvalue weighted by Gasteiger charge is 2.45. The number of aliphatic hydroxyl groups excluding tert-OH is 1. The molecule has 1 aromatic carbocycles. The molecule has 1 aliphatic rings. The van der Waals surface area contributed by atoms with Crippen molar-refractivity contribution in [3.8, 4) is 0 Å². The van der Waals surface area contributed by atoms with Gasteiger partial charge in [0.1, 0.15) is 11.7 Å². The second kappa shape index (κ2) is 6.79. The molecule has 1 heterocycles. The first-order chi connectivity index (χ1) is 10.7. The van der Waals surface area contributed by atoms with E-state index in [4.69, 9.17) is 0 Å². The van der Waals surface area contributed by atoms with Crippen LogP contribution in [-0.2, 0) is 14.8 Å². The molecule has 0 spiro atoms. The molecule has 1 aromatic rings. The van der Waals surface area contributed by atoms with Gasteiger partial charge in [-0.05, 0) is 11.6 Å². The van der Waals surface area contributed by atoms with E-state index in [0.717, 1.165) is 11.8 Å². The molecule has 2 rings (SSSR count). The molecule has 1 fully saturated rings. The van der Waals surface area contributed by atoms with Crippen LogP contribution < -0.4 is 4.72 Å². The molecule has 126 valence electrons. The van der Waals surface area contributed by atoms with Crippen LogP contribution in [0.1, 0.15) is 5.56 Å². The van der Waals surface area contributed by atoms with E-state index in [1.54, 1.807) is 6.08 Å². The van der Waals surface area contributed by atoms with Gasteiger partial charge in [-0.3, -0.25) is 4.79 Å². The number of carbonyl (C=O) groups excluding carboxylic acids is 1. The molecular formula is C15H20N2O5S. The monoisotopic (exact) mass is 340 g/mol. The van der Waals surface area contributed by atoms with Crippen LogP contribution in [0.5, 0.6) is 0 Å². The zero-order chi connectivity index (χ0) is 17.1. The maximum Gasteiger partial charge on any atom is 0.246 e. The molecule has 8 heteroatoms. The van der Waals surface area contributed by atoms with Gasteiger partial charge in [-0.15, -0.1) is 0 Å². The lowest BCUT2D eigenvalue weighted by atomic mass is 10.0. The summed E-state index contributed by atoms with van der Waals surface area (Å²) in [5.41, 5.74) is -0.839. The maximum absolute atomic E-state index is 12.1. The van der Waals surface area contributed by atoms with Crippen LogP contribution in [0.2, 0.25) is 0 Å². The second-order valence-corrected chi connectivity index (χ2v) is 7.51. The molecule has 0 unspecified atom stereocenters. The topological polar surface area (TPSA) is 107 Å². The number of benzene rings is 1. The zero-order valence-corrected chi connectivity index (χ0v) is 13.5. The summed E-state index contributed by atoms with van der Waals surface area (Å²) in [6.45, 7) is -0.548. The number of rotatable bonds is 5. The fourth-order valence-corrected chi connectivity index (χ4v) is 2.83. The first-order valence-corrected chi connectivity index (χ1v) is 8.96. The fourth-order valence-electron chi connectivity index (χ4n) is 2.31. The third kappa shape index (κ3) is 4.87. The van der Waals surface area contributed by atoms with E-state index in [1.165, 1.54) is 11.0 Å². The minimum Gasteiger partial charge on any atom is -0.388 e. The number of nitrogens with one attached hydrogen (secondary N) is 1. The number of β-amino-alcohol motifs (C(OH)–C–C–N with tert-alkyl or cyclic N) is 2. The van der Waals surface area contributed by atoms with Crippen LogP contribution >= 0.6 is 0 Å². The Kier molecular flexibility index (Phi) is 5.20. The lowest BCUT2D eigenvalue weighted by Gasteiger charge is -2.25. The van der Waals surface area contributed by atoms with Gasteiger partial charge in [0.2, 0.25) is 15.9 Å². The molecule has 23 heavy (non-hydrogen) atoms. The SMILES string of the molecule is CS(=O)(=O)NC[C@]1(O)CN(C(=O)/C=C/c2ccccc2)C[C@H]1O. The summed E-state index contributed by atoms with van der Waals surface area (Å²) in [4.78, 5) is 13.4. The minimum absolute atomic E-state index is 0.0556. The Morgan fingerprint density at radius 1 is 1.43 bits per heavy atom.